The molecule has 39 heavy (non-hydrogen) atoms. The fourth-order valence-electron chi connectivity index (χ4n) is 5.24. The lowest BCUT2D eigenvalue weighted by Crippen LogP contribution is -2.60. The van der Waals surface area contributed by atoms with Crippen LogP contribution in [0.3, 0.4) is 0 Å². The van der Waals surface area contributed by atoms with Crippen molar-refractivity contribution in [2.45, 2.75) is 38.8 Å². The zero-order valence-corrected chi connectivity index (χ0v) is 22.7. The van der Waals surface area contributed by atoms with E-state index in [-0.39, 0.29) is 37.5 Å². The topological polar surface area (TPSA) is 103 Å². The first-order valence-electron chi connectivity index (χ1n) is 13.7. The smallest absolute Gasteiger partial charge is 0.243 e. The summed E-state index contributed by atoms with van der Waals surface area (Å²) >= 11 is 0. The van der Waals surface area contributed by atoms with Crippen LogP contribution in [-0.4, -0.2) is 91.1 Å². The van der Waals surface area contributed by atoms with Gasteiger partial charge in [0.2, 0.25) is 24.5 Å². The molecule has 1 atom stereocenters. The lowest BCUT2D eigenvalue weighted by molar-refractivity contribution is -0.145. The summed E-state index contributed by atoms with van der Waals surface area (Å²) in [5.41, 5.74) is 3.03. The summed E-state index contributed by atoms with van der Waals surface area (Å²) in [7, 11) is 0. The molecule has 2 aromatic rings. The van der Waals surface area contributed by atoms with Gasteiger partial charge < -0.3 is 25.0 Å². The first kappa shape index (κ1) is 27.0. The van der Waals surface area contributed by atoms with Gasteiger partial charge in [0.05, 0.1) is 13.0 Å². The Morgan fingerprint density at radius 2 is 1.69 bits per heavy atom. The molecule has 10 nitrogen and oxygen atoms in total. The number of carbonyl (C=O) groups is 3. The minimum absolute atomic E-state index is 0.0766. The minimum Gasteiger partial charge on any atom is -0.454 e. The van der Waals surface area contributed by atoms with Gasteiger partial charge in [-0.15, -0.1) is 0 Å². The third-order valence-corrected chi connectivity index (χ3v) is 7.56. The van der Waals surface area contributed by atoms with Crippen molar-refractivity contribution >= 4 is 23.4 Å². The predicted molar refractivity (Wildman–Crippen MR) is 147 cm³/mol. The minimum atomic E-state index is -0.812. The van der Waals surface area contributed by atoms with Crippen molar-refractivity contribution in [3.05, 3.63) is 53.6 Å². The molecule has 2 fully saturated rings. The number of ether oxygens (including phenoxy) is 2. The van der Waals surface area contributed by atoms with Gasteiger partial charge >= 0.3 is 0 Å². The molecule has 0 aromatic heterocycles. The molecule has 208 valence electrons. The van der Waals surface area contributed by atoms with Crippen LogP contribution in [-0.2, 0) is 20.9 Å². The molecular formula is C29H37N5O5. The van der Waals surface area contributed by atoms with E-state index >= 15 is 0 Å². The van der Waals surface area contributed by atoms with Crippen molar-refractivity contribution in [1.29, 1.82) is 0 Å². The van der Waals surface area contributed by atoms with Crippen molar-refractivity contribution < 1.29 is 23.9 Å². The molecule has 10 heteroatoms. The molecule has 2 aromatic carbocycles. The average molecular weight is 536 g/mol. The number of rotatable bonds is 8. The number of nitrogens with zero attached hydrogens (tertiary/aromatic N) is 3. The van der Waals surface area contributed by atoms with Gasteiger partial charge in [-0.05, 0) is 41.3 Å². The quantitative estimate of drug-likeness (QED) is 0.533. The maximum absolute atomic E-state index is 13.3. The summed E-state index contributed by atoms with van der Waals surface area (Å²) in [5, 5.41) is 5.67. The van der Waals surface area contributed by atoms with Crippen molar-refractivity contribution in [2.24, 2.45) is 0 Å². The highest BCUT2D eigenvalue weighted by Crippen LogP contribution is 2.32. The number of piperazine rings is 2. The zero-order valence-electron chi connectivity index (χ0n) is 22.7. The molecule has 5 rings (SSSR count). The number of fused-ring (bicyclic) bond motifs is 1. The molecule has 3 heterocycles. The van der Waals surface area contributed by atoms with E-state index in [1.54, 1.807) is 4.90 Å². The van der Waals surface area contributed by atoms with Crippen LogP contribution in [0.5, 0.6) is 11.5 Å². The maximum atomic E-state index is 13.3. The van der Waals surface area contributed by atoms with E-state index in [0.29, 0.717) is 24.7 Å². The highest BCUT2D eigenvalue weighted by atomic mass is 16.7. The number of carbonyl (C=O) groups excluding carboxylic acids is 3. The lowest BCUT2D eigenvalue weighted by atomic mass is 10.0. The molecule has 3 aliphatic rings. The van der Waals surface area contributed by atoms with Gasteiger partial charge in [-0.1, -0.05) is 32.0 Å². The van der Waals surface area contributed by atoms with Crippen molar-refractivity contribution in [3.63, 3.8) is 0 Å². The van der Waals surface area contributed by atoms with Crippen molar-refractivity contribution in [2.75, 3.05) is 57.9 Å². The second kappa shape index (κ2) is 12.0. The van der Waals surface area contributed by atoms with Gasteiger partial charge in [-0.25, -0.2) is 0 Å². The van der Waals surface area contributed by atoms with Crippen LogP contribution in [0.4, 0.5) is 5.69 Å². The Hall–Kier alpha value is -3.63. The molecule has 2 saturated heterocycles. The summed E-state index contributed by atoms with van der Waals surface area (Å²) in [4.78, 5) is 44.8. The second-order valence-electron chi connectivity index (χ2n) is 10.7. The van der Waals surface area contributed by atoms with E-state index in [4.69, 9.17) is 9.47 Å². The second-order valence-corrected chi connectivity index (χ2v) is 10.7. The SMILES string of the molecule is CC(C)c1ccc(NC(=O)C[C@H]2C(=O)NCCN2C(=O)CN2CCN(Cc3ccc4c(c3)OCO4)CC2)cc1. The molecule has 3 aliphatic heterocycles. The Balaban J connectivity index is 1.11. The Kier molecular flexibility index (Phi) is 8.33. The molecule has 0 radical (unpaired) electrons. The van der Waals surface area contributed by atoms with Gasteiger partial charge in [0.1, 0.15) is 6.04 Å². The molecule has 0 bridgehead atoms. The van der Waals surface area contributed by atoms with Gasteiger partial charge in [0.15, 0.2) is 11.5 Å². The van der Waals surface area contributed by atoms with Gasteiger partial charge in [-0.3, -0.25) is 24.2 Å². The molecule has 0 unspecified atom stereocenters. The van der Waals surface area contributed by atoms with Crippen LogP contribution in [0.15, 0.2) is 42.5 Å². The Morgan fingerprint density at radius 1 is 0.974 bits per heavy atom. The van der Waals surface area contributed by atoms with E-state index < -0.39 is 6.04 Å². The number of amides is 3. The Bertz CT molecular complexity index is 1190. The predicted octanol–water partition coefficient (Wildman–Crippen LogP) is 2.01. The van der Waals surface area contributed by atoms with Gasteiger partial charge in [-0.2, -0.15) is 0 Å². The number of nitrogens with one attached hydrogen (secondary N) is 2. The first-order valence-corrected chi connectivity index (χ1v) is 13.7. The van der Waals surface area contributed by atoms with Crippen LogP contribution in [0.2, 0.25) is 0 Å². The van der Waals surface area contributed by atoms with Gasteiger partial charge in [0.25, 0.3) is 0 Å². The van der Waals surface area contributed by atoms with Crippen LogP contribution >= 0.6 is 0 Å². The Labute approximate surface area is 229 Å². The summed E-state index contributed by atoms with van der Waals surface area (Å²) in [6, 6.07) is 12.9. The fourth-order valence-corrected chi connectivity index (χ4v) is 5.24. The van der Waals surface area contributed by atoms with E-state index in [9.17, 15) is 14.4 Å². The largest absolute Gasteiger partial charge is 0.454 e. The molecule has 0 spiro atoms. The number of anilines is 1. The molecular weight excluding hydrogens is 498 g/mol. The maximum Gasteiger partial charge on any atom is 0.243 e. The fraction of sp³-hybridized carbons (Fsp3) is 0.483. The van der Waals surface area contributed by atoms with Crippen LogP contribution in [0.1, 0.15) is 37.3 Å². The molecule has 2 N–H and O–H groups in total. The standard InChI is InChI=1S/C29H37N5O5/c1-20(2)22-4-6-23(7-5-22)31-27(35)16-24-29(37)30-9-10-34(24)28(36)18-33-13-11-32(12-14-33)17-21-3-8-25-26(15-21)39-19-38-25/h3-8,15,20,24H,9-14,16-19H2,1-2H3,(H,30,37)(H,31,35)/t24-/m0/s1. The molecule has 0 aliphatic carbocycles. The number of hydrogen-bond donors (Lipinski definition) is 2. The third kappa shape index (κ3) is 6.69. The van der Waals surface area contributed by atoms with Crippen molar-refractivity contribution in [1.82, 2.24) is 20.0 Å². The lowest BCUT2D eigenvalue weighted by Gasteiger charge is -2.38. The monoisotopic (exact) mass is 535 g/mol. The van der Waals surface area contributed by atoms with E-state index in [1.165, 1.54) is 11.1 Å². The summed E-state index contributed by atoms with van der Waals surface area (Å²) in [6.45, 7) is 9.52. The van der Waals surface area contributed by atoms with Crippen LogP contribution < -0.4 is 20.1 Å². The van der Waals surface area contributed by atoms with Crippen LogP contribution in [0.25, 0.3) is 0 Å². The Morgan fingerprint density at radius 3 is 2.44 bits per heavy atom. The highest BCUT2D eigenvalue weighted by molar-refractivity contribution is 5.97. The summed E-state index contributed by atoms with van der Waals surface area (Å²) in [6.07, 6.45) is -0.0766. The first-order chi connectivity index (χ1) is 18.9. The molecule has 0 saturated carbocycles. The third-order valence-electron chi connectivity index (χ3n) is 7.56. The summed E-state index contributed by atoms with van der Waals surface area (Å²) in [5.74, 6) is 1.28. The summed E-state index contributed by atoms with van der Waals surface area (Å²) < 4.78 is 10.9. The van der Waals surface area contributed by atoms with Gasteiger partial charge in [0, 0.05) is 51.5 Å². The highest BCUT2D eigenvalue weighted by Gasteiger charge is 2.35. The van der Waals surface area contributed by atoms with E-state index in [2.05, 4.69) is 40.3 Å². The number of benzene rings is 2. The van der Waals surface area contributed by atoms with Crippen LogP contribution in [0, 0.1) is 0 Å². The van der Waals surface area contributed by atoms with E-state index in [1.807, 2.05) is 36.4 Å². The van der Waals surface area contributed by atoms with Crippen molar-refractivity contribution in [3.8, 4) is 11.5 Å². The average Bonchev–Trinajstić information content (AvgIpc) is 3.39. The zero-order chi connectivity index (χ0) is 27.4. The van der Waals surface area contributed by atoms with E-state index in [0.717, 1.165) is 44.2 Å². The molecule has 3 amide bonds. The normalized spacial score (nSPS) is 19.7. The number of hydrogen-bond acceptors (Lipinski definition) is 7.